The number of aromatic nitrogens is 1. The van der Waals surface area contributed by atoms with Crippen LogP contribution in [0.3, 0.4) is 0 Å². The second kappa shape index (κ2) is 10.4. The zero-order chi connectivity index (χ0) is 27.7. The van der Waals surface area contributed by atoms with Gasteiger partial charge in [-0.2, -0.15) is 0 Å². The van der Waals surface area contributed by atoms with Crippen LogP contribution in [0.25, 0.3) is 11.1 Å². The molecule has 39 heavy (non-hydrogen) atoms. The molecule has 0 spiro atoms. The molecule has 2 heterocycles. The molecule has 1 aromatic heterocycles. The molecule has 3 aromatic carbocycles. The first-order valence-corrected chi connectivity index (χ1v) is 12.5. The van der Waals surface area contributed by atoms with Gasteiger partial charge in [0.15, 0.2) is 0 Å². The lowest BCUT2D eigenvalue weighted by atomic mass is 9.82. The molecule has 1 atom stereocenters. The fourth-order valence-electron chi connectivity index (χ4n) is 5.41. The molecule has 1 unspecified atom stereocenters. The summed E-state index contributed by atoms with van der Waals surface area (Å²) in [5, 5.41) is 13.0. The van der Waals surface area contributed by atoms with E-state index in [2.05, 4.69) is 5.32 Å². The molecule has 0 radical (unpaired) electrons. The van der Waals surface area contributed by atoms with Crippen molar-refractivity contribution >= 4 is 23.4 Å². The van der Waals surface area contributed by atoms with Crippen LogP contribution in [-0.2, 0) is 13.6 Å². The second-order valence-corrected chi connectivity index (χ2v) is 9.34. The molecule has 2 amide bonds. The summed E-state index contributed by atoms with van der Waals surface area (Å²) >= 11 is 0. The Bertz CT molecular complexity index is 1560. The number of nitrogens with two attached hydrogens (primary N) is 1. The van der Waals surface area contributed by atoms with Gasteiger partial charge < -0.3 is 35.1 Å². The van der Waals surface area contributed by atoms with E-state index in [1.54, 1.807) is 50.1 Å². The lowest BCUT2D eigenvalue weighted by Gasteiger charge is -2.33. The number of carbonyl (C=O) groups is 2. The number of hydrogen-bond acceptors (Lipinski definition) is 5. The highest BCUT2D eigenvalue weighted by molar-refractivity contribution is 6.10. The standard InChI is InChI=1S/C30H30N4O5/c1-33-23-17-34(30(36)37)16-20(18-10-4-8-14-24(18)38-2)26(23)27(19-11-5-9-15-25(19)39-3)28(33)29(35)32-22-13-7-6-12-21(22)31/h4-15,20H,16-17,31H2,1-3H3,(H,32,35)(H,36,37). The zero-order valence-electron chi connectivity index (χ0n) is 22.0. The van der Waals surface area contributed by atoms with Gasteiger partial charge in [0, 0.05) is 41.9 Å². The number of nitrogens with one attached hydrogen (secondary N) is 1. The van der Waals surface area contributed by atoms with Crippen LogP contribution < -0.4 is 20.5 Å². The molecule has 0 aliphatic carbocycles. The molecule has 0 bridgehead atoms. The minimum absolute atomic E-state index is 0.121. The molecule has 4 aromatic rings. The van der Waals surface area contributed by atoms with Crippen LogP contribution >= 0.6 is 0 Å². The van der Waals surface area contributed by atoms with Gasteiger partial charge in [-0.3, -0.25) is 4.79 Å². The fraction of sp³-hybridized carbons (Fsp3) is 0.200. The third-order valence-corrected chi connectivity index (χ3v) is 7.23. The highest BCUT2D eigenvalue weighted by Crippen LogP contribution is 2.47. The van der Waals surface area contributed by atoms with E-state index in [1.165, 1.54) is 4.90 Å². The molecule has 5 rings (SSSR count). The summed E-state index contributed by atoms with van der Waals surface area (Å²) in [6, 6.07) is 22.1. The quantitative estimate of drug-likeness (QED) is 0.298. The van der Waals surface area contributed by atoms with Crippen molar-refractivity contribution in [3.63, 3.8) is 0 Å². The fourth-order valence-corrected chi connectivity index (χ4v) is 5.41. The van der Waals surface area contributed by atoms with Crippen molar-refractivity contribution in [1.82, 2.24) is 9.47 Å². The summed E-state index contributed by atoms with van der Waals surface area (Å²) in [6.45, 7) is 0.317. The molecule has 9 nitrogen and oxygen atoms in total. The smallest absolute Gasteiger partial charge is 0.407 e. The Morgan fingerprint density at radius 2 is 1.59 bits per heavy atom. The number of ether oxygens (including phenoxy) is 2. The van der Waals surface area contributed by atoms with E-state index in [1.807, 2.05) is 48.5 Å². The average molecular weight is 527 g/mol. The van der Waals surface area contributed by atoms with Gasteiger partial charge in [-0.05, 0) is 29.8 Å². The SMILES string of the molecule is COc1ccccc1-c1c2c(n(C)c1C(=O)Nc1ccccc1N)CN(C(=O)O)CC2c1ccccc1OC. The summed E-state index contributed by atoms with van der Waals surface area (Å²) in [4.78, 5) is 27.6. The molecule has 9 heteroatoms. The van der Waals surface area contributed by atoms with Crippen LogP contribution in [0.5, 0.6) is 11.5 Å². The van der Waals surface area contributed by atoms with Gasteiger partial charge in [0.2, 0.25) is 0 Å². The number of anilines is 2. The Balaban J connectivity index is 1.81. The van der Waals surface area contributed by atoms with Crippen molar-refractivity contribution in [1.29, 1.82) is 0 Å². The van der Waals surface area contributed by atoms with E-state index >= 15 is 0 Å². The minimum Gasteiger partial charge on any atom is -0.496 e. The van der Waals surface area contributed by atoms with Gasteiger partial charge in [0.1, 0.15) is 17.2 Å². The Morgan fingerprint density at radius 3 is 2.28 bits per heavy atom. The molecule has 0 fully saturated rings. The van der Waals surface area contributed by atoms with Crippen LogP contribution in [0.15, 0.2) is 72.8 Å². The molecule has 1 aliphatic heterocycles. The monoisotopic (exact) mass is 526 g/mol. The normalized spacial score (nSPS) is 14.4. The molecule has 0 saturated heterocycles. The first-order chi connectivity index (χ1) is 18.8. The zero-order valence-corrected chi connectivity index (χ0v) is 22.0. The molecular weight excluding hydrogens is 496 g/mol. The maximum atomic E-state index is 14.0. The molecule has 0 saturated carbocycles. The summed E-state index contributed by atoms with van der Waals surface area (Å²) in [7, 11) is 4.96. The van der Waals surface area contributed by atoms with Crippen LogP contribution in [0.2, 0.25) is 0 Å². The second-order valence-electron chi connectivity index (χ2n) is 9.34. The van der Waals surface area contributed by atoms with Gasteiger partial charge in [0.25, 0.3) is 5.91 Å². The molecule has 1 aliphatic rings. The number of hydrogen-bond donors (Lipinski definition) is 3. The minimum atomic E-state index is -1.04. The number of para-hydroxylation sites is 4. The van der Waals surface area contributed by atoms with E-state index in [0.717, 1.165) is 16.7 Å². The number of nitrogens with zero attached hydrogens (tertiary/aromatic N) is 2. The van der Waals surface area contributed by atoms with Crippen LogP contribution in [-0.4, -0.2) is 47.3 Å². The van der Waals surface area contributed by atoms with Crippen molar-refractivity contribution in [3.05, 3.63) is 95.3 Å². The number of rotatable bonds is 6. The average Bonchev–Trinajstić information content (AvgIpc) is 3.25. The van der Waals surface area contributed by atoms with Crippen LogP contribution in [0, 0.1) is 0 Å². The van der Waals surface area contributed by atoms with E-state index in [4.69, 9.17) is 15.2 Å². The van der Waals surface area contributed by atoms with Crippen LogP contribution in [0.1, 0.15) is 33.2 Å². The third-order valence-electron chi connectivity index (χ3n) is 7.23. The summed E-state index contributed by atoms with van der Waals surface area (Å²) in [6.07, 6.45) is -1.04. The van der Waals surface area contributed by atoms with Crippen LogP contribution in [0.4, 0.5) is 16.2 Å². The van der Waals surface area contributed by atoms with E-state index < -0.39 is 12.0 Å². The summed E-state index contributed by atoms with van der Waals surface area (Å²) in [5.74, 6) is 0.457. The van der Waals surface area contributed by atoms with Crippen molar-refractivity contribution in [3.8, 4) is 22.6 Å². The highest BCUT2D eigenvalue weighted by Gasteiger charge is 2.39. The van der Waals surface area contributed by atoms with Crippen molar-refractivity contribution in [2.45, 2.75) is 12.5 Å². The molecule has 200 valence electrons. The van der Waals surface area contributed by atoms with E-state index in [0.29, 0.717) is 39.8 Å². The number of methoxy groups -OCH3 is 2. The van der Waals surface area contributed by atoms with E-state index in [-0.39, 0.29) is 19.0 Å². The maximum absolute atomic E-state index is 14.0. The molecule has 4 N–H and O–H groups in total. The number of carbonyl (C=O) groups excluding carboxylic acids is 1. The number of nitrogen functional groups attached to an aromatic ring is 1. The topological polar surface area (TPSA) is 119 Å². The Labute approximate surface area is 226 Å². The Morgan fingerprint density at radius 1 is 0.949 bits per heavy atom. The highest BCUT2D eigenvalue weighted by atomic mass is 16.5. The number of fused-ring (bicyclic) bond motifs is 1. The first kappa shape index (κ1) is 25.7. The van der Waals surface area contributed by atoms with Crippen molar-refractivity contribution in [2.75, 3.05) is 31.8 Å². The number of amides is 2. The van der Waals surface area contributed by atoms with Gasteiger partial charge in [-0.25, -0.2) is 4.79 Å². The van der Waals surface area contributed by atoms with Crippen molar-refractivity contribution < 1.29 is 24.2 Å². The van der Waals surface area contributed by atoms with Gasteiger partial charge in [0.05, 0.1) is 32.1 Å². The van der Waals surface area contributed by atoms with E-state index in [9.17, 15) is 14.7 Å². The summed E-state index contributed by atoms with van der Waals surface area (Å²) in [5.41, 5.74) is 11.2. The lowest BCUT2D eigenvalue weighted by molar-refractivity contribution is 0.101. The third kappa shape index (κ3) is 4.52. The number of carboxylic acid groups (broad SMARTS) is 1. The maximum Gasteiger partial charge on any atom is 0.407 e. The predicted molar refractivity (Wildman–Crippen MR) is 149 cm³/mol. The van der Waals surface area contributed by atoms with Crippen molar-refractivity contribution in [2.24, 2.45) is 7.05 Å². The van der Waals surface area contributed by atoms with Gasteiger partial charge >= 0.3 is 6.09 Å². The largest absolute Gasteiger partial charge is 0.496 e. The summed E-state index contributed by atoms with van der Waals surface area (Å²) < 4.78 is 13.2. The Hall–Kier alpha value is -4.92. The number of benzene rings is 3. The predicted octanol–water partition coefficient (Wildman–Crippen LogP) is 5.17. The van der Waals surface area contributed by atoms with Gasteiger partial charge in [-0.1, -0.05) is 48.5 Å². The lowest BCUT2D eigenvalue weighted by Crippen LogP contribution is -2.38. The first-order valence-electron chi connectivity index (χ1n) is 12.5. The molecular formula is C30H30N4O5. The Kier molecular flexibility index (Phi) is 6.89. The van der Waals surface area contributed by atoms with Gasteiger partial charge in [-0.15, -0.1) is 0 Å².